The summed E-state index contributed by atoms with van der Waals surface area (Å²) in [5.41, 5.74) is 0.858. The third-order valence-corrected chi connectivity index (χ3v) is 5.59. The minimum Gasteiger partial charge on any atom is -0.462 e. The van der Waals surface area contributed by atoms with E-state index in [1.807, 2.05) is 52.0 Å². The van der Waals surface area contributed by atoms with Gasteiger partial charge in [-0.3, -0.25) is 9.63 Å². The van der Waals surface area contributed by atoms with Crippen LogP contribution in [-0.2, 0) is 14.4 Å². The fraction of sp³-hybridized carbons (Fsp3) is 0.708. The summed E-state index contributed by atoms with van der Waals surface area (Å²) in [5.74, 6) is -0.157. The summed E-state index contributed by atoms with van der Waals surface area (Å²) in [4.78, 5) is 18.8. The van der Waals surface area contributed by atoms with Crippen molar-refractivity contribution in [2.45, 2.75) is 105 Å². The van der Waals surface area contributed by atoms with Crippen molar-refractivity contribution in [3.8, 4) is 0 Å². The molecule has 1 heterocycles. The largest absolute Gasteiger partial charge is 0.462 e. The van der Waals surface area contributed by atoms with Crippen LogP contribution in [0.3, 0.4) is 0 Å². The molecule has 2 unspecified atom stereocenters. The molecule has 1 saturated heterocycles. The average Bonchev–Trinajstić information content (AvgIpc) is 2.56. The highest BCUT2D eigenvalue weighted by Gasteiger charge is 2.48. The maximum atomic E-state index is 12.4. The van der Waals surface area contributed by atoms with Crippen molar-refractivity contribution < 1.29 is 19.5 Å². The molecule has 2 rings (SSSR count). The first-order chi connectivity index (χ1) is 13.1. The molecule has 0 aliphatic carbocycles. The van der Waals surface area contributed by atoms with Crippen molar-refractivity contribution in [1.82, 2.24) is 5.06 Å². The molecule has 0 aromatic heterocycles. The molecular weight excluding hydrogens is 366 g/mol. The van der Waals surface area contributed by atoms with Gasteiger partial charge in [-0.25, -0.2) is 0 Å². The van der Waals surface area contributed by atoms with Crippen LogP contribution in [0.2, 0.25) is 0 Å². The number of aliphatic hydroxyl groups excluding tert-OH is 1. The van der Waals surface area contributed by atoms with Gasteiger partial charge in [-0.05, 0) is 73.4 Å². The average molecular weight is 406 g/mol. The first kappa shape index (κ1) is 23.8. The number of esters is 1. The van der Waals surface area contributed by atoms with Gasteiger partial charge in [-0.15, -0.1) is 0 Å². The maximum absolute atomic E-state index is 12.4. The van der Waals surface area contributed by atoms with Crippen LogP contribution < -0.4 is 0 Å². The van der Waals surface area contributed by atoms with Crippen LogP contribution in [0.5, 0.6) is 0 Å². The van der Waals surface area contributed by atoms with Crippen LogP contribution >= 0.6 is 0 Å². The van der Waals surface area contributed by atoms with Crippen LogP contribution in [0.15, 0.2) is 24.3 Å². The molecule has 1 fully saturated rings. The molecule has 0 bridgehead atoms. The van der Waals surface area contributed by atoms with E-state index in [4.69, 9.17) is 9.57 Å². The van der Waals surface area contributed by atoms with Crippen LogP contribution in [0, 0.1) is 5.41 Å². The summed E-state index contributed by atoms with van der Waals surface area (Å²) in [6, 6.07) is 7.89. The molecular formula is C24H39NO4. The number of aliphatic hydroxyl groups is 1. The van der Waals surface area contributed by atoms with E-state index in [1.54, 1.807) is 6.92 Å². The van der Waals surface area contributed by atoms with E-state index in [1.165, 1.54) is 0 Å². The predicted octanol–water partition coefficient (Wildman–Crippen LogP) is 5.34. The molecule has 0 saturated carbocycles. The molecule has 1 N–H and O–H groups in total. The molecule has 29 heavy (non-hydrogen) atoms. The number of hydroxylamine groups is 2. The van der Waals surface area contributed by atoms with E-state index < -0.39 is 11.5 Å². The minimum absolute atomic E-state index is 0.132. The summed E-state index contributed by atoms with van der Waals surface area (Å²) >= 11 is 0. The van der Waals surface area contributed by atoms with Crippen molar-refractivity contribution in [2.24, 2.45) is 5.41 Å². The fourth-order valence-electron chi connectivity index (χ4n) is 4.13. The zero-order valence-electron chi connectivity index (χ0n) is 19.6. The lowest BCUT2D eigenvalue weighted by Crippen LogP contribution is -2.62. The van der Waals surface area contributed by atoms with E-state index in [-0.39, 0.29) is 29.3 Å². The smallest absolute Gasteiger partial charge is 0.311 e. The number of rotatable bonds is 5. The number of carbonyl (C=O) groups is 1. The molecule has 1 aromatic carbocycles. The summed E-state index contributed by atoms with van der Waals surface area (Å²) in [6.45, 7) is 18.0. The van der Waals surface area contributed by atoms with Crippen LogP contribution in [0.1, 0.15) is 98.5 Å². The predicted molar refractivity (Wildman–Crippen MR) is 115 cm³/mol. The highest BCUT2D eigenvalue weighted by atomic mass is 16.7. The van der Waals surface area contributed by atoms with Gasteiger partial charge in [0.2, 0.25) is 0 Å². The van der Waals surface area contributed by atoms with Gasteiger partial charge in [0, 0.05) is 23.9 Å². The topological polar surface area (TPSA) is 59.0 Å². The Morgan fingerprint density at radius 2 is 1.48 bits per heavy atom. The Morgan fingerprint density at radius 3 is 1.90 bits per heavy atom. The van der Waals surface area contributed by atoms with Gasteiger partial charge in [0.1, 0.15) is 12.2 Å². The van der Waals surface area contributed by atoms with E-state index in [0.717, 1.165) is 11.1 Å². The summed E-state index contributed by atoms with van der Waals surface area (Å²) in [7, 11) is 0. The number of ether oxygens (including phenoxy) is 1. The first-order valence-electron chi connectivity index (χ1n) is 10.6. The maximum Gasteiger partial charge on any atom is 0.311 e. The number of benzene rings is 1. The van der Waals surface area contributed by atoms with Crippen LogP contribution in [0.4, 0.5) is 0 Å². The number of hydrogen-bond donors (Lipinski definition) is 1. The van der Waals surface area contributed by atoms with E-state index in [0.29, 0.717) is 12.8 Å². The third-order valence-electron chi connectivity index (χ3n) is 5.59. The second-order valence-corrected chi connectivity index (χ2v) is 10.7. The van der Waals surface area contributed by atoms with E-state index in [2.05, 4.69) is 32.8 Å². The van der Waals surface area contributed by atoms with Crippen molar-refractivity contribution in [3.05, 3.63) is 35.4 Å². The first-order valence-corrected chi connectivity index (χ1v) is 10.6. The quantitative estimate of drug-likeness (QED) is 0.670. The highest BCUT2D eigenvalue weighted by Crippen LogP contribution is 2.42. The van der Waals surface area contributed by atoms with Crippen LogP contribution in [0.25, 0.3) is 0 Å². The summed E-state index contributed by atoms with van der Waals surface area (Å²) < 4.78 is 5.86. The van der Waals surface area contributed by atoms with Gasteiger partial charge in [0.15, 0.2) is 0 Å². The Hall–Kier alpha value is -1.43. The van der Waals surface area contributed by atoms with Gasteiger partial charge >= 0.3 is 5.97 Å². The Bertz CT molecular complexity index is 683. The fourth-order valence-corrected chi connectivity index (χ4v) is 4.13. The number of hydrogen-bond acceptors (Lipinski definition) is 5. The van der Waals surface area contributed by atoms with Gasteiger partial charge in [0.25, 0.3) is 0 Å². The number of carbonyl (C=O) groups excluding carboxylic acids is 1. The Balaban J connectivity index is 2.13. The Labute approximate surface area is 176 Å². The third kappa shape index (κ3) is 5.80. The number of piperidine rings is 1. The zero-order chi connectivity index (χ0) is 22.2. The molecule has 0 spiro atoms. The standard InChI is InChI=1S/C24H39NO4/c1-16(26)18-10-12-19(13-11-18)17(2)29-25-23(6,7)14-20(15-24(25,8)9)28-21(27)22(3,4)5/h10-13,16-17,20,26H,14-15H2,1-9H3. The Kier molecular flexibility index (Phi) is 6.88. The van der Waals surface area contributed by atoms with Gasteiger partial charge < -0.3 is 9.84 Å². The SMILES string of the molecule is CC(O)c1ccc(C(C)ON2C(C)(C)CC(OC(=O)C(C)(C)C)CC2(C)C)cc1. The highest BCUT2D eigenvalue weighted by molar-refractivity contribution is 5.75. The molecule has 1 aromatic rings. The summed E-state index contributed by atoms with van der Waals surface area (Å²) in [5, 5.41) is 11.8. The summed E-state index contributed by atoms with van der Waals surface area (Å²) in [6.07, 6.45) is 0.683. The molecule has 1 aliphatic rings. The van der Waals surface area contributed by atoms with Crippen molar-refractivity contribution >= 4 is 5.97 Å². The van der Waals surface area contributed by atoms with Crippen LogP contribution in [-0.4, -0.2) is 33.3 Å². The zero-order valence-corrected chi connectivity index (χ0v) is 19.6. The molecule has 5 nitrogen and oxygen atoms in total. The lowest BCUT2D eigenvalue weighted by molar-refractivity contribution is -0.314. The molecule has 164 valence electrons. The van der Waals surface area contributed by atoms with Crippen molar-refractivity contribution in [3.63, 3.8) is 0 Å². The lowest BCUT2D eigenvalue weighted by Gasteiger charge is -2.54. The van der Waals surface area contributed by atoms with E-state index in [9.17, 15) is 9.90 Å². The molecule has 5 heteroatoms. The Morgan fingerprint density at radius 1 is 1.03 bits per heavy atom. The monoisotopic (exact) mass is 405 g/mol. The number of nitrogens with zero attached hydrogens (tertiary/aromatic N) is 1. The van der Waals surface area contributed by atoms with Gasteiger partial charge in [-0.1, -0.05) is 24.3 Å². The van der Waals surface area contributed by atoms with Gasteiger partial charge in [0.05, 0.1) is 11.5 Å². The minimum atomic E-state index is -0.505. The molecule has 0 radical (unpaired) electrons. The normalized spacial score (nSPS) is 22.1. The van der Waals surface area contributed by atoms with Gasteiger partial charge in [-0.2, -0.15) is 5.06 Å². The van der Waals surface area contributed by atoms with Crippen molar-refractivity contribution in [1.29, 1.82) is 0 Å². The lowest BCUT2D eigenvalue weighted by atomic mass is 9.80. The van der Waals surface area contributed by atoms with E-state index >= 15 is 0 Å². The second kappa shape index (κ2) is 8.37. The molecule has 0 amide bonds. The molecule has 1 aliphatic heterocycles. The van der Waals surface area contributed by atoms with Crippen molar-refractivity contribution in [2.75, 3.05) is 0 Å². The molecule has 2 atom stereocenters. The second-order valence-electron chi connectivity index (χ2n) is 10.7.